The van der Waals surface area contributed by atoms with Crippen LogP contribution in [0.25, 0.3) is 0 Å². The van der Waals surface area contributed by atoms with Crippen LogP contribution in [0, 0.1) is 23.7 Å². The van der Waals surface area contributed by atoms with E-state index in [4.69, 9.17) is 9.47 Å². The van der Waals surface area contributed by atoms with Crippen molar-refractivity contribution < 1.29 is 19.7 Å². The molecular formula is C19H32O4. The van der Waals surface area contributed by atoms with E-state index in [-0.39, 0.29) is 11.8 Å². The third kappa shape index (κ3) is 3.59. The molecule has 0 bridgehead atoms. The van der Waals surface area contributed by atoms with E-state index in [0.717, 1.165) is 25.7 Å². The van der Waals surface area contributed by atoms with Gasteiger partial charge < -0.3 is 19.7 Å². The average Bonchev–Trinajstić information content (AvgIpc) is 3.18. The van der Waals surface area contributed by atoms with Gasteiger partial charge in [-0.15, -0.1) is 0 Å². The molecule has 23 heavy (non-hydrogen) atoms. The molecule has 2 N–H and O–H groups in total. The minimum atomic E-state index is -0.428. The van der Waals surface area contributed by atoms with Gasteiger partial charge >= 0.3 is 0 Å². The zero-order valence-corrected chi connectivity index (χ0v) is 14.5. The molecule has 0 aromatic heterocycles. The van der Waals surface area contributed by atoms with Gasteiger partial charge in [0.25, 0.3) is 0 Å². The number of hydrogen-bond donors (Lipinski definition) is 2. The van der Waals surface area contributed by atoms with Crippen LogP contribution in [-0.4, -0.2) is 35.3 Å². The van der Waals surface area contributed by atoms with Gasteiger partial charge in [-0.05, 0) is 36.7 Å². The Labute approximate surface area is 139 Å². The van der Waals surface area contributed by atoms with E-state index < -0.39 is 11.9 Å². The molecule has 1 unspecified atom stereocenters. The van der Waals surface area contributed by atoms with Crippen LogP contribution < -0.4 is 0 Å². The van der Waals surface area contributed by atoms with Gasteiger partial charge in [-0.25, -0.2) is 0 Å². The molecule has 0 aromatic rings. The molecule has 4 heteroatoms. The number of allylic oxidation sites excluding steroid dienone is 1. The van der Waals surface area contributed by atoms with Crippen LogP contribution >= 0.6 is 0 Å². The Kier molecular flexibility index (Phi) is 5.34. The van der Waals surface area contributed by atoms with Crippen molar-refractivity contribution >= 4 is 0 Å². The summed E-state index contributed by atoms with van der Waals surface area (Å²) in [5.74, 6) is 1.10. The lowest BCUT2D eigenvalue weighted by atomic mass is 9.88. The molecule has 0 radical (unpaired) electrons. The van der Waals surface area contributed by atoms with Gasteiger partial charge in [0.2, 0.25) is 0 Å². The molecule has 1 heterocycles. The molecule has 0 amide bonds. The first-order valence-electron chi connectivity index (χ1n) is 9.39. The summed E-state index contributed by atoms with van der Waals surface area (Å²) in [5, 5.41) is 21.0. The number of unbranched alkanes of at least 4 members (excludes halogenated alkanes) is 1. The SMILES string of the molecule is CCCCC(C)C/C=C(/O)[C@@H]1[C@H]2CC3(C[C@H]2C[C@H]1O)OCCO3. The monoisotopic (exact) mass is 324 g/mol. The van der Waals surface area contributed by atoms with Crippen LogP contribution in [0.5, 0.6) is 0 Å². The van der Waals surface area contributed by atoms with E-state index in [9.17, 15) is 10.2 Å². The fraction of sp³-hybridized carbons (Fsp3) is 0.895. The summed E-state index contributed by atoms with van der Waals surface area (Å²) in [6.07, 6.45) is 8.51. The molecular weight excluding hydrogens is 292 g/mol. The number of aliphatic hydroxyl groups excluding tert-OH is 2. The molecule has 1 aliphatic heterocycles. The van der Waals surface area contributed by atoms with E-state index in [0.29, 0.717) is 30.8 Å². The molecule has 5 atom stereocenters. The smallest absolute Gasteiger partial charge is 0.169 e. The molecule has 1 spiro atoms. The van der Waals surface area contributed by atoms with Gasteiger partial charge in [0.1, 0.15) is 0 Å². The fourth-order valence-electron chi connectivity index (χ4n) is 4.86. The van der Waals surface area contributed by atoms with E-state index in [1.165, 1.54) is 19.3 Å². The van der Waals surface area contributed by atoms with Crippen LogP contribution in [0.4, 0.5) is 0 Å². The Morgan fingerprint density at radius 1 is 1.30 bits per heavy atom. The molecule has 3 rings (SSSR count). The Hall–Kier alpha value is -0.580. The second kappa shape index (κ2) is 7.12. The van der Waals surface area contributed by atoms with E-state index in [1.807, 2.05) is 6.08 Å². The normalized spacial score (nSPS) is 37.4. The first kappa shape index (κ1) is 17.2. The molecule has 0 aromatic carbocycles. The maximum atomic E-state index is 10.6. The number of ether oxygens (including phenoxy) is 2. The zero-order valence-electron chi connectivity index (χ0n) is 14.5. The summed E-state index contributed by atoms with van der Waals surface area (Å²) < 4.78 is 11.7. The van der Waals surface area contributed by atoms with Crippen LogP contribution in [0.3, 0.4) is 0 Å². The fourth-order valence-corrected chi connectivity index (χ4v) is 4.86. The van der Waals surface area contributed by atoms with Crippen molar-refractivity contribution in [1.29, 1.82) is 0 Å². The van der Waals surface area contributed by atoms with E-state index >= 15 is 0 Å². The third-order valence-electron chi connectivity index (χ3n) is 6.08. The third-order valence-corrected chi connectivity index (χ3v) is 6.08. The van der Waals surface area contributed by atoms with Crippen LogP contribution in [0.2, 0.25) is 0 Å². The van der Waals surface area contributed by atoms with Crippen molar-refractivity contribution in [1.82, 2.24) is 0 Å². The Bertz CT molecular complexity index is 427. The lowest BCUT2D eigenvalue weighted by Crippen LogP contribution is -2.30. The van der Waals surface area contributed by atoms with Crippen molar-refractivity contribution in [2.45, 2.75) is 70.7 Å². The first-order valence-corrected chi connectivity index (χ1v) is 9.39. The Morgan fingerprint density at radius 2 is 2.04 bits per heavy atom. The number of fused-ring (bicyclic) bond motifs is 1. The van der Waals surface area contributed by atoms with Crippen molar-refractivity contribution in [3.8, 4) is 0 Å². The summed E-state index contributed by atoms with van der Waals surface area (Å²) in [6, 6.07) is 0. The molecule has 3 fully saturated rings. The first-order chi connectivity index (χ1) is 11.0. The largest absolute Gasteiger partial charge is 0.512 e. The molecule has 3 aliphatic rings. The quantitative estimate of drug-likeness (QED) is 0.730. The van der Waals surface area contributed by atoms with Crippen molar-refractivity contribution in [2.75, 3.05) is 13.2 Å². The predicted molar refractivity (Wildman–Crippen MR) is 89.0 cm³/mol. The highest BCUT2D eigenvalue weighted by atomic mass is 16.7. The molecule has 1 saturated heterocycles. The van der Waals surface area contributed by atoms with Crippen molar-refractivity contribution in [3.05, 3.63) is 11.8 Å². The Balaban J connectivity index is 1.61. The average molecular weight is 324 g/mol. The minimum Gasteiger partial charge on any atom is -0.512 e. The molecule has 2 saturated carbocycles. The lowest BCUT2D eigenvalue weighted by molar-refractivity contribution is -0.157. The van der Waals surface area contributed by atoms with Gasteiger partial charge in [-0.2, -0.15) is 0 Å². The topological polar surface area (TPSA) is 58.9 Å². The minimum absolute atomic E-state index is 0.134. The van der Waals surface area contributed by atoms with Crippen molar-refractivity contribution in [3.63, 3.8) is 0 Å². The van der Waals surface area contributed by atoms with Gasteiger partial charge in [-0.1, -0.05) is 33.1 Å². The molecule has 2 aliphatic carbocycles. The highest BCUT2D eigenvalue weighted by molar-refractivity contribution is 5.12. The number of rotatable bonds is 6. The van der Waals surface area contributed by atoms with E-state index in [2.05, 4.69) is 13.8 Å². The molecule has 132 valence electrons. The molecule has 4 nitrogen and oxygen atoms in total. The van der Waals surface area contributed by atoms with Gasteiger partial charge in [-0.3, -0.25) is 0 Å². The number of aliphatic hydroxyl groups is 2. The zero-order chi connectivity index (χ0) is 16.4. The maximum absolute atomic E-state index is 10.6. The summed E-state index contributed by atoms with van der Waals surface area (Å²) in [6.45, 7) is 5.78. The predicted octanol–water partition coefficient (Wildman–Crippen LogP) is 3.79. The Morgan fingerprint density at radius 3 is 2.74 bits per heavy atom. The second-order valence-electron chi connectivity index (χ2n) is 7.88. The van der Waals surface area contributed by atoms with Gasteiger partial charge in [0.15, 0.2) is 5.79 Å². The highest BCUT2D eigenvalue weighted by Crippen LogP contribution is 2.55. The number of hydrogen-bond acceptors (Lipinski definition) is 4. The summed E-state index contributed by atoms with van der Waals surface area (Å²) in [5.41, 5.74) is 0. The lowest BCUT2D eigenvalue weighted by Gasteiger charge is -2.26. The standard InChI is InChI=1S/C19H32O4/c1-3-4-5-13(2)6-7-16(20)18-15-12-19(22-8-9-23-19)11-14(15)10-17(18)21/h7,13-15,17-18,20-21H,3-6,8-12H2,1-2H3/b16-7+/t13?,14-,15+,17-,18+/m1/s1. The van der Waals surface area contributed by atoms with Crippen LogP contribution in [-0.2, 0) is 9.47 Å². The highest BCUT2D eigenvalue weighted by Gasteiger charge is 2.57. The van der Waals surface area contributed by atoms with E-state index in [1.54, 1.807) is 0 Å². The summed E-state index contributed by atoms with van der Waals surface area (Å²) in [4.78, 5) is 0. The van der Waals surface area contributed by atoms with Crippen molar-refractivity contribution in [2.24, 2.45) is 23.7 Å². The summed E-state index contributed by atoms with van der Waals surface area (Å²) in [7, 11) is 0. The van der Waals surface area contributed by atoms with Crippen LogP contribution in [0.15, 0.2) is 11.8 Å². The second-order valence-corrected chi connectivity index (χ2v) is 7.88. The van der Waals surface area contributed by atoms with Crippen LogP contribution in [0.1, 0.15) is 58.8 Å². The maximum Gasteiger partial charge on any atom is 0.169 e. The van der Waals surface area contributed by atoms with Gasteiger partial charge in [0, 0.05) is 18.8 Å². The summed E-state index contributed by atoms with van der Waals surface area (Å²) >= 11 is 0. The van der Waals surface area contributed by atoms with Gasteiger partial charge in [0.05, 0.1) is 25.1 Å².